The van der Waals surface area contributed by atoms with E-state index in [0.717, 1.165) is 37.6 Å². The molecule has 0 spiro atoms. The number of nitrogens with one attached hydrogen (secondary N) is 2. The maximum atomic E-state index is 12.2. The van der Waals surface area contributed by atoms with Gasteiger partial charge in [0.1, 0.15) is 0 Å². The fourth-order valence-electron chi connectivity index (χ4n) is 2.78. The van der Waals surface area contributed by atoms with Gasteiger partial charge in [-0.2, -0.15) is 5.10 Å². The zero-order valence-electron chi connectivity index (χ0n) is 13.9. The van der Waals surface area contributed by atoms with Gasteiger partial charge in [-0.15, -0.1) is 0 Å². The van der Waals surface area contributed by atoms with Crippen molar-refractivity contribution in [3.05, 3.63) is 35.9 Å². The molecule has 0 unspecified atom stereocenters. The standard InChI is InChI=1S/C16H23N7O/c1-13-14(12-20-21-13)4-2-5-19-16(24)23-10-8-22(9-11-23)15-17-6-3-7-18-15/h3,6-7,12H,2,4-5,8-11H2,1H3,(H,19,24)(H,20,21). The van der Waals surface area contributed by atoms with Gasteiger partial charge in [0.2, 0.25) is 5.95 Å². The maximum absolute atomic E-state index is 12.2. The van der Waals surface area contributed by atoms with Crippen LogP contribution in [-0.4, -0.2) is 63.8 Å². The third-order valence-electron chi connectivity index (χ3n) is 4.24. The molecular weight excluding hydrogens is 306 g/mol. The summed E-state index contributed by atoms with van der Waals surface area (Å²) in [6, 6.07) is 1.81. The minimum absolute atomic E-state index is 0.00699. The van der Waals surface area contributed by atoms with Crippen molar-refractivity contribution in [3.63, 3.8) is 0 Å². The van der Waals surface area contributed by atoms with Gasteiger partial charge < -0.3 is 15.1 Å². The molecule has 2 amide bonds. The number of carbonyl (C=O) groups excluding carboxylic acids is 1. The van der Waals surface area contributed by atoms with Gasteiger partial charge in [-0.25, -0.2) is 14.8 Å². The molecule has 1 fully saturated rings. The summed E-state index contributed by atoms with van der Waals surface area (Å²) < 4.78 is 0. The molecule has 1 aliphatic rings. The Balaban J connectivity index is 1.37. The average Bonchev–Trinajstić information content (AvgIpc) is 3.04. The molecule has 128 valence electrons. The molecule has 3 rings (SSSR count). The molecule has 0 radical (unpaired) electrons. The molecular formula is C16H23N7O. The highest BCUT2D eigenvalue weighted by molar-refractivity contribution is 5.74. The lowest BCUT2D eigenvalue weighted by Crippen LogP contribution is -2.52. The van der Waals surface area contributed by atoms with E-state index in [4.69, 9.17) is 0 Å². The van der Waals surface area contributed by atoms with Gasteiger partial charge in [0.25, 0.3) is 0 Å². The minimum atomic E-state index is 0.00699. The normalized spacial score (nSPS) is 14.7. The van der Waals surface area contributed by atoms with Crippen LogP contribution >= 0.6 is 0 Å². The van der Waals surface area contributed by atoms with Crippen molar-refractivity contribution in [1.29, 1.82) is 0 Å². The predicted molar refractivity (Wildman–Crippen MR) is 90.9 cm³/mol. The van der Waals surface area contributed by atoms with E-state index in [9.17, 15) is 4.79 Å². The molecule has 3 heterocycles. The molecule has 0 atom stereocenters. The molecule has 24 heavy (non-hydrogen) atoms. The Morgan fingerprint density at radius 2 is 2.00 bits per heavy atom. The summed E-state index contributed by atoms with van der Waals surface area (Å²) in [4.78, 5) is 24.7. The van der Waals surface area contributed by atoms with Gasteiger partial charge >= 0.3 is 6.03 Å². The number of carbonyl (C=O) groups is 1. The van der Waals surface area contributed by atoms with E-state index in [2.05, 4.69) is 30.4 Å². The number of urea groups is 1. The Labute approximate surface area is 141 Å². The minimum Gasteiger partial charge on any atom is -0.338 e. The van der Waals surface area contributed by atoms with Crippen molar-refractivity contribution in [2.75, 3.05) is 37.6 Å². The molecule has 1 saturated heterocycles. The maximum Gasteiger partial charge on any atom is 0.317 e. The molecule has 0 aromatic carbocycles. The molecule has 0 saturated carbocycles. The van der Waals surface area contributed by atoms with Gasteiger partial charge in [0, 0.05) is 50.8 Å². The third-order valence-corrected chi connectivity index (χ3v) is 4.24. The van der Waals surface area contributed by atoms with Crippen LogP contribution in [0.2, 0.25) is 0 Å². The fourth-order valence-corrected chi connectivity index (χ4v) is 2.78. The molecule has 8 nitrogen and oxygen atoms in total. The van der Waals surface area contributed by atoms with Crippen LogP contribution in [0.3, 0.4) is 0 Å². The monoisotopic (exact) mass is 329 g/mol. The first kappa shape index (κ1) is 16.2. The number of amides is 2. The first-order valence-electron chi connectivity index (χ1n) is 8.27. The van der Waals surface area contributed by atoms with Crippen LogP contribution in [0.15, 0.2) is 24.7 Å². The molecule has 1 aliphatic heterocycles. The fraction of sp³-hybridized carbons (Fsp3) is 0.500. The van der Waals surface area contributed by atoms with Crippen LogP contribution in [0, 0.1) is 6.92 Å². The molecule has 0 aliphatic carbocycles. The summed E-state index contributed by atoms with van der Waals surface area (Å²) in [5.74, 6) is 0.730. The zero-order valence-corrected chi connectivity index (χ0v) is 13.9. The summed E-state index contributed by atoms with van der Waals surface area (Å²) >= 11 is 0. The van der Waals surface area contributed by atoms with Gasteiger partial charge in [0.15, 0.2) is 0 Å². The van der Waals surface area contributed by atoms with Gasteiger partial charge in [-0.05, 0) is 31.4 Å². The summed E-state index contributed by atoms with van der Waals surface area (Å²) in [7, 11) is 0. The first-order valence-corrected chi connectivity index (χ1v) is 8.27. The number of piperazine rings is 1. The summed E-state index contributed by atoms with van der Waals surface area (Å²) in [6.07, 6.45) is 7.15. The highest BCUT2D eigenvalue weighted by atomic mass is 16.2. The van der Waals surface area contributed by atoms with Crippen molar-refractivity contribution in [1.82, 2.24) is 30.4 Å². The van der Waals surface area contributed by atoms with Crippen LogP contribution in [0.5, 0.6) is 0 Å². The molecule has 2 aromatic heterocycles. The Morgan fingerprint density at radius 3 is 2.67 bits per heavy atom. The number of hydrogen-bond donors (Lipinski definition) is 2. The van der Waals surface area contributed by atoms with E-state index < -0.39 is 0 Å². The van der Waals surface area contributed by atoms with Crippen LogP contribution in [-0.2, 0) is 6.42 Å². The first-order chi connectivity index (χ1) is 11.7. The summed E-state index contributed by atoms with van der Waals surface area (Å²) in [5, 5.41) is 9.93. The van der Waals surface area contributed by atoms with Crippen LogP contribution in [0.1, 0.15) is 17.7 Å². The second kappa shape index (κ2) is 7.76. The number of hydrogen-bond acceptors (Lipinski definition) is 5. The van der Waals surface area contributed by atoms with Crippen molar-refractivity contribution in [2.24, 2.45) is 0 Å². The van der Waals surface area contributed by atoms with E-state index in [1.165, 1.54) is 5.56 Å². The van der Waals surface area contributed by atoms with Crippen LogP contribution < -0.4 is 10.2 Å². The summed E-state index contributed by atoms with van der Waals surface area (Å²) in [5.41, 5.74) is 2.31. The quantitative estimate of drug-likeness (QED) is 0.798. The number of anilines is 1. The Hall–Kier alpha value is -2.64. The number of aryl methyl sites for hydroxylation is 2. The average molecular weight is 329 g/mol. The zero-order chi connectivity index (χ0) is 16.8. The highest BCUT2D eigenvalue weighted by Gasteiger charge is 2.21. The number of aromatic nitrogens is 4. The lowest BCUT2D eigenvalue weighted by Gasteiger charge is -2.34. The number of nitrogens with zero attached hydrogens (tertiary/aromatic N) is 5. The van der Waals surface area contributed by atoms with Gasteiger partial charge in [-0.1, -0.05) is 0 Å². The summed E-state index contributed by atoms with van der Waals surface area (Å²) in [6.45, 7) is 5.56. The SMILES string of the molecule is Cc1[nH]ncc1CCCNC(=O)N1CCN(c2ncccn2)CC1. The molecule has 0 bridgehead atoms. The van der Waals surface area contributed by atoms with E-state index >= 15 is 0 Å². The highest BCUT2D eigenvalue weighted by Crippen LogP contribution is 2.10. The van der Waals surface area contributed by atoms with E-state index in [0.29, 0.717) is 19.6 Å². The lowest BCUT2D eigenvalue weighted by atomic mass is 10.1. The topological polar surface area (TPSA) is 90.0 Å². The van der Waals surface area contributed by atoms with Gasteiger partial charge in [0.05, 0.1) is 6.20 Å². The second-order valence-electron chi connectivity index (χ2n) is 5.88. The number of rotatable bonds is 5. The molecule has 8 heteroatoms. The van der Waals surface area contributed by atoms with Crippen molar-refractivity contribution < 1.29 is 4.79 Å². The number of H-pyrrole nitrogens is 1. The molecule has 2 N–H and O–H groups in total. The number of aromatic amines is 1. The Kier molecular flexibility index (Phi) is 5.25. The second-order valence-corrected chi connectivity index (χ2v) is 5.88. The van der Waals surface area contributed by atoms with Crippen LogP contribution in [0.4, 0.5) is 10.7 Å². The van der Waals surface area contributed by atoms with Gasteiger partial charge in [-0.3, -0.25) is 5.10 Å². The lowest BCUT2D eigenvalue weighted by molar-refractivity contribution is 0.194. The smallest absolute Gasteiger partial charge is 0.317 e. The largest absolute Gasteiger partial charge is 0.338 e. The predicted octanol–water partition coefficient (Wildman–Crippen LogP) is 0.973. The Morgan fingerprint density at radius 1 is 1.25 bits per heavy atom. The molecule has 2 aromatic rings. The van der Waals surface area contributed by atoms with Crippen LogP contribution in [0.25, 0.3) is 0 Å². The van der Waals surface area contributed by atoms with E-state index in [1.807, 2.05) is 18.0 Å². The van der Waals surface area contributed by atoms with E-state index in [1.54, 1.807) is 18.5 Å². The van der Waals surface area contributed by atoms with Crippen molar-refractivity contribution in [2.45, 2.75) is 19.8 Å². The van der Waals surface area contributed by atoms with E-state index in [-0.39, 0.29) is 6.03 Å². The van der Waals surface area contributed by atoms with Crippen molar-refractivity contribution >= 4 is 12.0 Å². The Bertz CT molecular complexity index is 649. The third kappa shape index (κ3) is 4.01. The van der Waals surface area contributed by atoms with Crippen molar-refractivity contribution in [3.8, 4) is 0 Å².